The highest BCUT2D eigenvalue weighted by atomic mass is 32.1. The molecule has 0 spiro atoms. The molecule has 5 nitrogen and oxygen atoms in total. The van der Waals surface area contributed by atoms with Crippen LogP contribution in [0.2, 0.25) is 0 Å². The van der Waals surface area contributed by atoms with Crippen LogP contribution in [0.3, 0.4) is 0 Å². The van der Waals surface area contributed by atoms with Crippen molar-refractivity contribution in [2.75, 3.05) is 19.6 Å². The van der Waals surface area contributed by atoms with Crippen LogP contribution < -0.4 is 0 Å². The number of aryl methyl sites for hydroxylation is 1. The minimum Gasteiger partial charge on any atom is -0.335 e. The predicted molar refractivity (Wildman–Crippen MR) is 106 cm³/mol. The Morgan fingerprint density at radius 2 is 2.04 bits per heavy atom. The van der Waals surface area contributed by atoms with Gasteiger partial charge < -0.3 is 9.80 Å². The molecule has 0 saturated carbocycles. The van der Waals surface area contributed by atoms with E-state index in [0.29, 0.717) is 24.7 Å². The first kappa shape index (κ1) is 18.2. The zero-order valence-corrected chi connectivity index (χ0v) is 16.7. The third kappa shape index (κ3) is 3.38. The summed E-state index contributed by atoms with van der Waals surface area (Å²) in [5.74, 6) is 0.450. The number of pyridine rings is 1. The van der Waals surface area contributed by atoms with Crippen LogP contribution in [-0.4, -0.2) is 52.3 Å². The van der Waals surface area contributed by atoms with E-state index in [4.69, 9.17) is 0 Å². The van der Waals surface area contributed by atoms with Crippen molar-refractivity contribution in [2.45, 2.75) is 39.2 Å². The van der Waals surface area contributed by atoms with Gasteiger partial charge in [-0.15, -0.1) is 11.3 Å². The molecule has 0 N–H and O–H groups in total. The van der Waals surface area contributed by atoms with Gasteiger partial charge in [0.25, 0.3) is 11.8 Å². The molecule has 3 saturated heterocycles. The molecule has 0 unspecified atom stereocenters. The number of thiophene rings is 1. The molecule has 6 heteroatoms. The number of rotatable bonds is 3. The molecule has 0 radical (unpaired) electrons. The lowest BCUT2D eigenvalue weighted by Crippen LogP contribution is -2.47. The number of amides is 2. The number of fused-ring (bicyclic) bond motifs is 4. The van der Waals surface area contributed by atoms with Gasteiger partial charge in [0, 0.05) is 42.1 Å². The van der Waals surface area contributed by atoms with E-state index in [1.807, 2.05) is 27.3 Å². The van der Waals surface area contributed by atoms with Crippen LogP contribution in [0.1, 0.15) is 51.1 Å². The molecule has 0 aromatic carbocycles. The topological polar surface area (TPSA) is 53.5 Å². The summed E-state index contributed by atoms with van der Waals surface area (Å²) in [6, 6.07) is 5.51. The third-order valence-electron chi connectivity index (χ3n) is 5.83. The SMILES string of the molecule is CCc1c(C(=O)N2C[C@H]3CC[C@@H]2CN(C(=O)c2ccccn2)C3)csc1C. The van der Waals surface area contributed by atoms with Gasteiger partial charge in [0.2, 0.25) is 0 Å². The van der Waals surface area contributed by atoms with Crippen LogP contribution >= 0.6 is 11.3 Å². The molecular formula is C21H25N3O2S. The van der Waals surface area contributed by atoms with Gasteiger partial charge in [-0.3, -0.25) is 14.6 Å². The van der Waals surface area contributed by atoms with Crippen molar-refractivity contribution >= 4 is 23.2 Å². The summed E-state index contributed by atoms with van der Waals surface area (Å²) in [6.45, 7) is 6.24. The van der Waals surface area contributed by atoms with E-state index in [1.54, 1.807) is 23.6 Å². The van der Waals surface area contributed by atoms with Crippen LogP contribution in [0.5, 0.6) is 0 Å². The number of hydrogen-bond donors (Lipinski definition) is 0. The monoisotopic (exact) mass is 383 g/mol. The quantitative estimate of drug-likeness (QED) is 0.816. The summed E-state index contributed by atoms with van der Waals surface area (Å²) in [6.07, 6.45) is 4.57. The minimum absolute atomic E-state index is 0.0255. The number of aromatic nitrogens is 1. The third-order valence-corrected chi connectivity index (χ3v) is 6.79. The second-order valence-corrected chi connectivity index (χ2v) is 8.60. The van der Waals surface area contributed by atoms with Gasteiger partial charge >= 0.3 is 0 Å². The second kappa shape index (κ2) is 7.43. The maximum absolute atomic E-state index is 13.3. The average molecular weight is 384 g/mol. The molecule has 2 aromatic rings. The van der Waals surface area contributed by atoms with Crippen molar-refractivity contribution in [2.24, 2.45) is 5.92 Å². The second-order valence-electron chi connectivity index (χ2n) is 7.52. The Labute approximate surface area is 164 Å². The van der Waals surface area contributed by atoms with Crippen molar-refractivity contribution in [1.29, 1.82) is 0 Å². The molecule has 3 aliphatic rings. The fourth-order valence-corrected chi connectivity index (χ4v) is 5.33. The molecular weight excluding hydrogens is 358 g/mol. The van der Waals surface area contributed by atoms with Gasteiger partial charge in [-0.05, 0) is 49.8 Å². The van der Waals surface area contributed by atoms with Crippen LogP contribution in [0.4, 0.5) is 0 Å². The zero-order chi connectivity index (χ0) is 19.0. The Balaban J connectivity index is 1.56. The Morgan fingerprint density at radius 3 is 2.78 bits per heavy atom. The molecule has 2 atom stereocenters. The standard InChI is InChI=1S/C21H25N3O2S/c1-3-17-14(2)27-13-18(17)20(25)24-11-15-7-8-16(24)12-23(10-15)21(26)19-6-4-5-9-22-19/h4-6,9,13,15-16H,3,7-8,10-12H2,1-2H3/t15-,16+/m0/s1. The van der Waals surface area contributed by atoms with Crippen molar-refractivity contribution in [3.63, 3.8) is 0 Å². The molecule has 2 amide bonds. The van der Waals surface area contributed by atoms with Gasteiger partial charge in [-0.1, -0.05) is 13.0 Å². The molecule has 0 aliphatic carbocycles. The van der Waals surface area contributed by atoms with Crippen molar-refractivity contribution in [3.8, 4) is 0 Å². The maximum atomic E-state index is 13.3. The van der Waals surface area contributed by atoms with Gasteiger partial charge in [0.15, 0.2) is 0 Å². The Morgan fingerprint density at radius 1 is 1.19 bits per heavy atom. The number of carbonyl (C=O) groups is 2. The molecule has 5 rings (SSSR count). The predicted octanol–water partition coefficient (Wildman–Crippen LogP) is 3.39. The summed E-state index contributed by atoms with van der Waals surface area (Å²) in [5, 5.41) is 2.01. The van der Waals surface area contributed by atoms with Crippen molar-refractivity contribution < 1.29 is 9.59 Å². The normalized spacial score (nSPS) is 22.0. The highest BCUT2D eigenvalue weighted by molar-refractivity contribution is 7.10. The lowest BCUT2D eigenvalue weighted by atomic mass is 9.94. The van der Waals surface area contributed by atoms with E-state index in [9.17, 15) is 9.59 Å². The highest BCUT2D eigenvalue weighted by Gasteiger charge is 2.39. The van der Waals surface area contributed by atoms with E-state index >= 15 is 0 Å². The largest absolute Gasteiger partial charge is 0.335 e. The van der Waals surface area contributed by atoms with Gasteiger partial charge in [-0.25, -0.2) is 0 Å². The fraction of sp³-hybridized carbons (Fsp3) is 0.476. The van der Waals surface area contributed by atoms with Crippen LogP contribution in [0, 0.1) is 12.8 Å². The Kier molecular flexibility index (Phi) is 5.00. The van der Waals surface area contributed by atoms with Crippen LogP contribution in [0.25, 0.3) is 0 Å². The smallest absolute Gasteiger partial charge is 0.272 e. The van der Waals surface area contributed by atoms with E-state index in [2.05, 4.69) is 18.8 Å². The first-order valence-corrected chi connectivity index (χ1v) is 10.5. The first-order chi connectivity index (χ1) is 13.1. The molecule has 3 aliphatic heterocycles. The number of nitrogens with zero attached hydrogens (tertiary/aromatic N) is 3. The summed E-state index contributed by atoms with van der Waals surface area (Å²) >= 11 is 1.66. The lowest BCUT2D eigenvalue weighted by Gasteiger charge is -2.36. The minimum atomic E-state index is -0.0255. The Bertz CT molecular complexity index is 848. The molecule has 2 aromatic heterocycles. The molecule has 27 heavy (non-hydrogen) atoms. The van der Waals surface area contributed by atoms with Gasteiger partial charge in [0.05, 0.1) is 5.56 Å². The lowest BCUT2D eigenvalue weighted by molar-refractivity contribution is 0.0573. The first-order valence-electron chi connectivity index (χ1n) is 9.66. The number of hydrogen-bond acceptors (Lipinski definition) is 4. The fourth-order valence-electron chi connectivity index (χ4n) is 4.40. The molecule has 5 heterocycles. The summed E-state index contributed by atoms with van der Waals surface area (Å²) < 4.78 is 0. The van der Waals surface area contributed by atoms with Crippen molar-refractivity contribution in [1.82, 2.24) is 14.8 Å². The molecule has 142 valence electrons. The average Bonchev–Trinajstić information content (AvgIpc) is 2.86. The summed E-state index contributed by atoms with van der Waals surface area (Å²) in [7, 11) is 0. The van der Waals surface area contributed by atoms with E-state index < -0.39 is 0 Å². The van der Waals surface area contributed by atoms with Crippen molar-refractivity contribution in [3.05, 3.63) is 51.5 Å². The Hall–Kier alpha value is -2.21. The van der Waals surface area contributed by atoms with E-state index in [-0.39, 0.29) is 17.9 Å². The van der Waals surface area contributed by atoms with Crippen LogP contribution in [0.15, 0.2) is 29.8 Å². The maximum Gasteiger partial charge on any atom is 0.272 e. The molecule has 2 bridgehead atoms. The highest BCUT2D eigenvalue weighted by Crippen LogP contribution is 2.32. The summed E-state index contributed by atoms with van der Waals surface area (Å²) in [5.41, 5.74) is 2.51. The van der Waals surface area contributed by atoms with E-state index in [0.717, 1.165) is 31.4 Å². The summed E-state index contributed by atoms with van der Waals surface area (Å²) in [4.78, 5) is 35.6. The zero-order valence-electron chi connectivity index (χ0n) is 15.9. The van der Waals surface area contributed by atoms with Gasteiger partial charge in [-0.2, -0.15) is 0 Å². The van der Waals surface area contributed by atoms with E-state index in [1.165, 1.54) is 10.4 Å². The number of carbonyl (C=O) groups excluding carboxylic acids is 2. The van der Waals surface area contributed by atoms with Gasteiger partial charge in [0.1, 0.15) is 5.69 Å². The number of piperidine rings is 1. The van der Waals surface area contributed by atoms with Crippen LogP contribution in [-0.2, 0) is 6.42 Å². The molecule has 3 fully saturated rings.